The Morgan fingerprint density at radius 3 is 2.50 bits per heavy atom. The van der Waals surface area contributed by atoms with Crippen LogP contribution in [0.4, 0.5) is 5.95 Å². The molecule has 0 unspecified atom stereocenters. The highest BCUT2D eigenvalue weighted by Gasteiger charge is 1.96. The zero-order chi connectivity index (χ0) is 11.4. The van der Waals surface area contributed by atoms with Crippen LogP contribution in [0.5, 0.6) is 0 Å². The largest absolute Gasteiger partial charge is 0.365 e. The average Bonchev–Trinajstić information content (AvgIpc) is 2.73. The summed E-state index contributed by atoms with van der Waals surface area (Å²) in [6.45, 7) is 0. The van der Waals surface area contributed by atoms with Crippen molar-refractivity contribution >= 4 is 18.4 Å². The predicted molar refractivity (Wildman–Crippen MR) is 57.1 cm³/mol. The molecule has 7 nitrogen and oxygen atoms in total. The van der Waals surface area contributed by atoms with Crippen molar-refractivity contribution in [1.29, 1.82) is 0 Å². The number of nitrogens with two attached hydrogens (primary N) is 1. The van der Waals surface area contributed by atoms with Gasteiger partial charge in [-0.3, -0.25) is 4.79 Å². The zero-order valence-corrected chi connectivity index (χ0v) is 8.19. The molecule has 0 fully saturated rings. The molecule has 0 bridgehead atoms. The molecule has 0 aliphatic rings. The number of nitrogens with zero attached hydrogens (tertiary/aromatic N) is 5. The van der Waals surface area contributed by atoms with Crippen LogP contribution in [0.3, 0.4) is 0 Å². The number of carbonyl (C=O) groups is 1. The Labute approximate surface area is 90.6 Å². The van der Waals surface area contributed by atoms with E-state index in [-0.39, 0.29) is 5.95 Å². The van der Waals surface area contributed by atoms with Crippen molar-refractivity contribution in [2.45, 2.75) is 0 Å². The third kappa shape index (κ3) is 2.08. The molecule has 16 heavy (non-hydrogen) atoms. The van der Waals surface area contributed by atoms with Crippen molar-refractivity contribution in [1.82, 2.24) is 20.3 Å². The summed E-state index contributed by atoms with van der Waals surface area (Å²) in [5, 5.41) is 14.3. The fraction of sp³-hybridized carbons (Fsp3) is 0. The van der Waals surface area contributed by atoms with Crippen LogP contribution < -0.4 is 5.73 Å². The van der Waals surface area contributed by atoms with E-state index in [1.165, 1.54) is 0 Å². The van der Waals surface area contributed by atoms with E-state index in [4.69, 9.17) is 5.73 Å². The van der Waals surface area contributed by atoms with Gasteiger partial charge >= 0.3 is 0 Å². The molecule has 0 aliphatic heterocycles. The van der Waals surface area contributed by atoms with Gasteiger partial charge in [0.2, 0.25) is 0 Å². The van der Waals surface area contributed by atoms with Crippen LogP contribution in [0.1, 0.15) is 15.9 Å². The number of benzene rings is 1. The normalized spacial score (nSPS) is 10.8. The van der Waals surface area contributed by atoms with Crippen molar-refractivity contribution in [2.24, 2.45) is 5.10 Å². The molecule has 2 N–H and O–H groups in total. The van der Waals surface area contributed by atoms with Crippen LogP contribution in [0.2, 0.25) is 0 Å². The van der Waals surface area contributed by atoms with Gasteiger partial charge < -0.3 is 5.73 Å². The van der Waals surface area contributed by atoms with Crippen LogP contribution in [-0.2, 0) is 0 Å². The summed E-state index contributed by atoms with van der Waals surface area (Å²) < 4.78 is 0. The minimum Gasteiger partial charge on any atom is -0.365 e. The monoisotopic (exact) mass is 216 g/mol. The molecule has 1 aromatic heterocycles. The number of carbonyl (C=O) groups excluding carboxylic acids is 1. The number of hydrogen-bond acceptors (Lipinski definition) is 6. The maximum atomic E-state index is 10.4. The average molecular weight is 216 g/mol. The zero-order valence-electron chi connectivity index (χ0n) is 8.19. The molecule has 2 rings (SSSR count). The topological polar surface area (TPSA) is 99.1 Å². The fourth-order valence-electron chi connectivity index (χ4n) is 1.05. The molecule has 0 saturated heterocycles. The second kappa shape index (κ2) is 4.30. The van der Waals surface area contributed by atoms with Crippen molar-refractivity contribution in [3.63, 3.8) is 0 Å². The van der Waals surface area contributed by atoms with E-state index >= 15 is 0 Å². The molecule has 0 amide bonds. The van der Waals surface area contributed by atoms with E-state index in [9.17, 15) is 4.79 Å². The van der Waals surface area contributed by atoms with E-state index in [1.54, 1.807) is 30.5 Å². The molecular weight excluding hydrogens is 208 g/mol. The molecule has 0 spiro atoms. The van der Waals surface area contributed by atoms with E-state index in [0.717, 1.165) is 16.6 Å². The van der Waals surface area contributed by atoms with Gasteiger partial charge in [0.25, 0.3) is 5.95 Å². The van der Waals surface area contributed by atoms with Gasteiger partial charge in [-0.25, -0.2) is 0 Å². The molecule has 0 radical (unpaired) electrons. The summed E-state index contributed by atoms with van der Waals surface area (Å²) in [4.78, 5) is 11.5. The Morgan fingerprint density at radius 1 is 1.25 bits per heavy atom. The SMILES string of the molecule is Nc1nnnn1/N=C/c1ccc(C=O)cc1. The molecule has 1 heterocycles. The number of aromatic nitrogens is 4. The number of nitrogen functional groups attached to an aromatic ring is 1. The van der Waals surface area contributed by atoms with E-state index < -0.39 is 0 Å². The van der Waals surface area contributed by atoms with Crippen molar-refractivity contribution < 1.29 is 4.79 Å². The number of aldehydes is 1. The first-order valence-corrected chi connectivity index (χ1v) is 4.43. The Balaban J connectivity index is 2.17. The van der Waals surface area contributed by atoms with E-state index in [2.05, 4.69) is 20.6 Å². The minimum absolute atomic E-state index is 0.112. The van der Waals surface area contributed by atoms with Crippen LogP contribution in [0.15, 0.2) is 29.4 Å². The number of tetrazole rings is 1. The number of rotatable bonds is 3. The third-order valence-corrected chi connectivity index (χ3v) is 1.87. The van der Waals surface area contributed by atoms with Gasteiger partial charge in [0.1, 0.15) is 6.29 Å². The Morgan fingerprint density at radius 2 is 1.94 bits per heavy atom. The summed E-state index contributed by atoms with van der Waals surface area (Å²) in [5.74, 6) is 0.112. The standard InChI is InChI=1S/C9H8N6O/c10-9-12-13-14-15(9)11-5-7-1-3-8(6-16)4-2-7/h1-6H,(H2,10,12,14)/b11-5+. The van der Waals surface area contributed by atoms with Gasteiger partial charge in [-0.1, -0.05) is 34.2 Å². The quantitative estimate of drug-likeness (QED) is 0.572. The highest BCUT2D eigenvalue weighted by molar-refractivity contribution is 5.82. The van der Waals surface area contributed by atoms with Crippen molar-refractivity contribution in [3.05, 3.63) is 35.4 Å². The van der Waals surface area contributed by atoms with Crippen LogP contribution in [0, 0.1) is 0 Å². The first-order valence-electron chi connectivity index (χ1n) is 4.43. The molecular formula is C9H8N6O. The fourth-order valence-corrected chi connectivity index (χ4v) is 1.05. The van der Waals surface area contributed by atoms with Gasteiger partial charge in [0.05, 0.1) is 6.21 Å². The first-order chi connectivity index (χ1) is 7.79. The molecule has 0 atom stereocenters. The second-order valence-electron chi connectivity index (χ2n) is 2.96. The number of hydrogen-bond donors (Lipinski definition) is 1. The lowest BCUT2D eigenvalue weighted by Gasteiger charge is -1.93. The number of anilines is 1. The lowest BCUT2D eigenvalue weighted by Crippen LogP contribution is -1.99. The summed E-state index contributed by atoms with van der Waals surface area (Å²) in [7, 11) is 0. The second-order valence-corrected chi connectivity index (χ2v) is 2.96. The predicted octanol–water partition coefficient (Wildman–Crippen LogP) is -0.0500. The van der Waals surface area contributed by atoms with Gasteiger partial charge in [0.15, 0.2) is 0 Å². The van der Waals surface area contributed by atoms with E-state index in [0.29, 0.717) is 5.56 Å². The molecule has 0 aliphatic carbocycles. The lowest BCUT2D eigenvalue weighted by atomic mass is 10.2. The van der Waals surface area contributed by atoms with Crippen molar-refractivity contribution in [3.8, 4) is 0 Å². The van der Waals surface area contributed by atoms with Crippen LogP contribution in [0.25, 0.3) is 0 Å². The molecule has 7 heteroatoms. The van der Waals surface area contributed by atoms with Gasteiger partial charge in [0, 0.05) is 5.56 Å². The summed E-state index contributed by atoms with van der Waals surface area (Å²) in [6.07, 6.45) is 2.32. The Hall–Kier alpha value is -2.57. The third-order valence-electron chi connectivity index (χ3n) is 1.87. The molecule has 0 saturated carbocycles. The summed E-state index contributed by atoms with van der Waals surface area (Å²) in [5.41, 5.74) is 6.85. The van der Waals surface area contributed by atoms with Gasteiger partial charge in [-0.15, -0.1) is 0 Å². The Bertz CT molecular complexity index is 515. The van der Waals surface area contributed by atoms with Crippen LogP contribution >= 0.6 is 0 Å². The van der Waals surface area contributed by atoms with Crippen molar-refractivity contribution in [2.75, 3.05) is 5.73 Å². The molecule has 2 aromatic rings. The molecule has 80 valence electrons. The summed E-state index contributed by atoms with van der Waals surface area (Å²) in [6, 6.07) is 6.90. The molecule has 1 aromatic carbocycles. The maximum Gasteiger partial charge on any atom is 0.263 e. The maximum absolute atomic E-state index is 10.4. The first kappa shape index (κ1) is 9.97. The van der Waals surface area contributed by atoms with Gasteiger partial charge in [-0.2, -0.15) is 5.10 Å². The lowest BCUT2D eigenvalue weighted by molar-refractivity contribution is 0.112. The minimum atomic E-state index is 0.112. The highest BCUT2D eigenvalue weighted by Crippen LogP contribution is 2.00. The van der Waals surface area contributed by atoms with E-state index in [1.807, 2.05) is 0 Å². The smallest absolute Gasteiger partial charge is 0.263 e. The summed E-state index contributed by atoms with van der Waals surface area (Å²) >= 11 is 0. The van der Waals surface area contributed by atoms with Gasteiger partial charge in [-0.05, 0) is 16.0 Å². The highest BCUT2D eigenvalue weighted by atomic mass is 16.1. The Kier molecular flexibility index (Phi) is 2.68. The van der Waals surface area contributed by atoms with Crippen LogP contribution in [-0.4, -0.2) is 32.8 Å².